The van der Waals surface area contributed by atoms with Crippen molar-refractivity contribution in [3.05, 3.63) is 33.9 Å². The standard InChI is InChI=1S/C12H17NO2S/c1-3-5-8-16-12-9-10(4-2)6-7-11(12)13(14)15/h6-7,9H,3-5,8H2,1-2H3. The molecule has 1 rings (SSSR count). The third kappa shape index (κ3) is 3.52. The molecule has 3 nitrogen and oxygen atoms in total. The predicted octanol–water partition coefficient (Wildman–Crippen LogP) is 4.05. The van der Waals surface area contributed by atoms with E-state index in [4.69, 9.17) is 0 Å². The number of rotatable bonds is 6. The Labute approximate surface area is 100 Å². The zero-order valence-electron chi connectivity index (χ0n) is 9.73. The van der Waals surface area contributed by atoms with Crippen LogP contribution in [0.3, 0.4) is 0 Å². The zero-order chi connectivity index (χ0) is 12.0. The fourth-order valence-corrected chi connectivity index (χ4v) is 2.55. The normalized spacial score (nSPS) is 10.4. The molecule has 0 aromatic heterocycles. The molecule has 1 aromatic rings. The lowest BCUT2D eigenvalue weighted by Gasteiger charge is -2.04. The Morgan fingerprint density at radius 1 is 1.38 bits per heavy atom. The Morgan fingerprint density at radius 3 is 2.69 bits per heavy atom. The van der Waals surface area contributed by atoms with Gasteiger partial charge < -0.3 is 0 Å². The maximum atomic E-state index is 10.8. The lowest BCUT2D eigenvalue weighted by atomic mass is 10.1. The number of thioether (sulfide) groups is 1. The van der Waals surface area contributed by atoms with Crippen molar-refractivity contribution >= 4 is 17.4 Å². The molecule has 1 aromatic carbocycles. The van der Waals surface area contributed by atoms with Crippen LogP contribution in [0.15, 0.2) is 23.1 Å². The number of hydrogen-bond acceptors (Lipinski definition) is 3. The van der Waals surface area contributed by atoms with E-state index in [1.807, 2.05) is 12.1 Å². The summed E-state index contributed by atoms with van der Waals surface area (Å²) in [5.41, 5.74) is 1.39. The van der Waals surface area contributed by atoms with Crippen LogP contribution in [0.1, 0.15) is 32.3 Å². The Hall–Kier alpha value is -1.03. The summed E-state index contributed by atoms with van der Waals surface area (Å²) < 4.78 is 0. The van der Waals surface area contributed by atoms with Gasteiger partial charge >= 0.3 is 0 Å². The molecule has 16 heavy (non-hydrogen) atoms. The fourth-order valence-electron chi connectivity index (χ4n) is 1.37. The second-order valence-corrected chi connectivity index (χ2v) is 4.75. The summed E-state index contributed by atoms with van der Waals surface area (Å²) in [7, 11) is 0. The Balaban J connectivity index is 2.87. The van der Waals surface area contributed by atoms with Gasteiger partial charge in [-0.25, -0.2) is 0 Å². The molecule has 0 spiro atoms. The van der Waals surface area contributed by atoms with E-state index in [-0.39, 0.29) is 10.6 Å². The molecule has 0 heterocycles. The Kier molecular flexibility index (Phi) is 5.32. The van der Waals surface area contributed by atoms with Crippen LogP contribution in [-0.2, 0) is 6.42 Å². The van der Waals surface area contributed by atoms with Crippen LogP contribution < -0.4 is 0 Å². The van der Waals surface area contributed by atoms with Crippen molar-refractivity contribution < 1.29 is 4.92 Å². The monoisotopic (exact) mass is 239 g/mol. The van der Waals surface area contributed by atoms with Gasteiger partial charge in [0.25, 0.3) is 5.69 Å². The first-order chi connectivity index (χ1) is 7.69. The van der Waals surface area contributed by atoms with Crippen LogP contribution in [0.2, 0.25) is 0 Å². The van der Waals surface area contributed by atoms with Crippen LogP contribution in [0.25, 0.3) is 0 Å². The van der Waals surface area contributed by atoms with Crippen molar-refractivity contribution in [3.63, 3.8) is 0 Å². The molecule has 0 N–H and O–H groups in total. The summed E-state index contributed by atoms with van der Waals surface area (Å²) >= 11 is 1.59. The van der Waals surface area contributed by atoms with Crippen molar-refractivity contribution in [1.29, 1.82) is 0 Å². The molecule has 0 saturated heterocycles. The highest BCUT2D eigenvalue weighted by atomic mass is 32.2. The summed E-state index contributed by atoms with van der Waals surface area (Å²) in [6.45, 7) is 4.18. The summed E-state index contributed by atoms with van der Waals surface area (Å²) in [5.74, 6) is 0.949. The third-order valence-corrected chi connectivity index (χ3v) is 3.52. The van der Waals surface area contributed by atoms with Gasteiger partial charge in [-0.3, -0.25) is 10.1 Å². The highest BCUT2D eigenvalue weighted by Crippen LogP contribution is 2.30. The van der Waals surface area contributed by atoms with Crippen LogP contribution in [0.4, 0.5) is 5.69 Å². The molecular weight excluding hydrogens is 222 g/mol. The molecule has 0 amide bonds. The minimum Gasteiger partial charge on any atom is -0.258 e. The number of hydrogen-bond donors (Lipinski definition) is 0. The molecule has 0 aliphatic rings. The summed E-state index contributed by atoms with van der Waals surface area (Å²) in [5, 5.41) is 10.8. The van der Waals surface area contributed by atoms with Gasteiger partial charge in [0.05, 0.1) is 9.82 Å². The minimum absolute atomic E-state index is 0.235. The van der Waals surface area contributed by atoms with Gasteiger partial charge in [-0.1, -0.05) is 26.3 Å². The summed E-state index contributed by atoms with van der Waals surface area (Å²) in [4.78, 5) is 11.4. The van der Waals surface area contributed by atoms with E-state index < -0.39 is 0 Å². The van der Waals surface area contributed by atoms with Gasteiger partial charge in [0.15, 0.2) is 0 Å². The first-order valence-electron chi connectivity index (χ1n) is 5.59. The van der Waals surface area contributed by atoms with Gasteiger partial charge in [-0.15, -0.1) is 11.8 Å². The largest absolute Gasteiger partial charge is 0.282 e. The van der Waals surface area contributed by atoms with Crippen molar-refractivity contribution in [2.45, 2.75) is 38.0 Å². The van der Waals surface area contributed by atoms with Gasteiger partial charge in [-0.2, -0.15) is 0 Å². The molecule has 0 bridgehead atoms. The van der Waals surface area contributed by atoms with Crippen molar-refractivity contribution in [2.75, 3.05) is 5.75 Å². The van der Waals surface area contributed by atoms with Crippen molar-refractivity contribution in [1.82, 2.24) is 0 Å². The van der Waals surface area contributed by atoms with Crippen LogP contribution in [0.5, 0.6) is 0 Å². The van der Waals surface area contributed by atoms with E-state index in [0.717, 1.165) is 35.5 Å². The number of nitro groups is 1. The average molecular weight is 239 g/mol. The quantitative estimate of drug-likeness (QED) is 0.325. The van der Waals surface area contributed by atoms with E-state index >= 15 is 0 Å². The molecule has 0 atom stereocenters. The minimum atomic E-state index is -0.298. The van der Waals surface area contributed by atoms with E-state index in [1.54, 1.807) is 17.8 Å². The van der Waals surface area contributed by atoms with E-state index in [2.05, 4.69) is 13.8 Å². The van der Waals surface area contributed by atoms with Gasteiger partial charge in [0, 0.05) is 6.07 Å². The zero-order valence-corrected chi connectivity index (χ0v) is 10.5. The fraction of sp³-hybridized carbons (Fsp3) is 0.500. The van der Waals surface area contributed by atoms with Crippen LogP contribution >= 0.6 is 11.8 Å². The number of aryl methyl sites for hydroxylation is 1. The highest BCUT2D eigenvalue weighted by molar-refractivity contribution is 7.99. The summed E-state index contributed by atoms with van der Waals surface area (Å²) in [6, 6.07) is 5.40. The lowest BCUT2D eigenvalue weighted by molar-refractivity contribution is -0.387. The van der Waals surface area contributed by atoms with Crippen LogP contribution in [-0.4, -0.2) is 10.7 Å². The maximum absolute atomic E-state index is 10.8. The Morgan fingerprint density at radius 2 is 2.12 bits per heavy atom. The molecular formula is C12H17NO2S. The number of benzene rings is 1. The molecule has 0 fully saturated rings. The third-order valence-electron chi connectivity index (χ3n) is 2.38. The second kappa shape index (κ2) is 6.53. The smallest absolute Gasteiger partial charge is 0.258 e. The first-order valence-corrected chi connectivity index (χ1v) is 6.57. The van der Waals surface area contributed by atoms with E-state index in [9.17, 15) is 10.1 Å². The van der Waals surface area contributed by atoms with E-state index in [1.165, 1.54) is 0 Å². The summed E-state index contributed by atoms with van der Waals surface area (Å²) in [6.07, 6.45) is 3.13. The maximum Gasteiger partial charge on any atom is 0.282 e. The average Bonchev–Trinajstić information content (AvgIpc) is 2.29. The van der Waals surface area contributed by atoms with E-state index in [0.29, 0.717) is 0 Å². The highest BCUT2D eigenvalue weighted by Gasteiger charge is 2.13. The van der Waals surface area contributed by atoms with Gasteiger partial charge in [0.1, 0.15) is 0 Å². The molecule has 88 valence electrons. The Bertz CT molecular complexity index is 366. The van der Waals surface area contributed by atoms with Crippen molar-refractivity contribution in [3.8, 4) is 0 Å². The van der Waals surface area contributed by atoms with Gasteiger partial charge in [-0.05, 0) is 30.2 Å². The topological polar surface area (TPSA) is 43.1 Å². The molecule has 0 aliphatic carbocycles. The second-order valence-electron chi connectivity index (χ2n) is 3.61. The number of nitrogens with zero attached hydrogens (tertiary/aromatic N) is 1. The SMILES string of the molecule is CCCCSc1cc(CC)ccc1[N+](=O)[O-]. The number of nitro benzene ring substituents is 1. The molecule has 4 heteroatoms. The van der Waals surface area contributed by atoms with Gasteiger partial charge in [0.2, 0.25) is 0 Å². The predicted molar refractivity (Wildman–Crippen MR) is 68.1 cm³/mol. The lowest BCUT2D eigenvalue weighted by Crippen LogP contribution is -1.93. The first kappa shape index (κ1) is 13.0. The molecule has 0 saturated carbocycles. The molecule has 0 radical (unpaired) electrons. The molecule has 0 unspecified atom stereocenters. The molecule has 0 aliphatic heterocycles. The van der Waals surface area contributed by atoms with Crippen LogP contribution in [0, 0.1) is 10.1 Å². The van der Waals surface area contributed by atoms with Crippen molar-refractivity contribution in [2.24, 2.45) is 0 Å². The number of unbranched alkanes of at least 4 members (excludes halogenated alkanes) is 1.